The predicted octanol–water partition coefficient (Wildman–Crippen LogP) is 6.52. The van der Waals surface area contributed by atoms with Gasteiger partial charge in [-0.15, -0.1) is 0 Å². The Morgan fingerprint density at radius 1 is 0.976 bits per heavy atom. The number of piperidine rings is 1. The first kappa shape index (κ1) is 25.5. The minimum absolute atomic E-state index is 0.264. The van der Waals surface area contributed by atoms with Gasteiger partial charge in [-0.25, -0.2) is 18.5 Å². The van der Waals surface area contributed by atoms with Crippen LogP contribution in [0.5, 0.6) is 0 Å². The zero-order chi connectivity index (χ0) is 27.8. The summed E-state index contributed by atoms with van der Waals surface area (Å²) < 4.78 is 5.89. The Balaban J connectivity index is 1.12. The molecule has 1 aliphatic heterocycles. The van der Waals surface area contributed by atoms with E-state index in [9.17, 15) is 4.79 Å². The van der Waals surface area contributed by atoms with Crippen molar-refractivity contribution in [1.29, 1.82) is 0 Å². The Labute approximate surface area is 242 Å². The second kappa shape index (κ2) is 10.8. The van der Waals surface area contributed by atoms with Gasteiger partial charge in [0.05, 0.1) is 17.6 Å². The fourth-order valence-electron chi connectivity index (χ4n) is 5.40. The predicted molar refractivity (Wildman–Crippen MR) is 163 cm³/mol. The number of nitrogens with zero attached hydrogens (tertiary/aromatic N) is 6. The molecule has 7 rings (SSSR count). The Kier molecular flexibility index (Phi) is 6.74. The summed E-state index contributed by atoms with van der Waals surface area (Å²) in [5.74, 6) is 0.678. The van der Waals surface area contributed by atoms with Crippen LogP contribution in [0.4, 0.5) is 5.82 Å². The Hall–Kier alpha value is -4.47. The van der Waals surface area contributed by atoms with E-state index in [1.165, 1.54) is 21.2 Å². The monoisotopic (exact) mass is 559 g/mol. The van der Waals surface area contributed by atoms with Crippen molar-refractivity contribution in [2.24, 2.45) is 0 Å². The largest absolute Gasteiger partial charge is 0.306 e. The van der Waals surface area contributed by atoms with E-state index in [-0.39, 0.29) is 5.91 Å². The van der Waals surface area contributed by atoms with Gasteiger partial charge >= 0.3 is 0 Å². The highest BCUT2D eigenvalue weighted by Gasteiger charge is 2.26. The van der Waals surface area contributed by atoms with Gasteiger partial charge in [0.25, 0.3) is 5.91 Å². The molecule has 0 aliphatic carbocycles. The summed E-state index contributed by atoms with van der Waals surface area (Å²) in [6.07, 6.45) is 6.97. The van der Waals surface area contributed by atoms with Crippen LogP contribution in [-0.2, 0) is 0 Å². The molecule has 0 radical (unpaired) electrons. The first-order valence-electron chi connectivity index (χ1n) is 13.8. The van der Waals surface area contributed by atoms with Crippen molar-refractivity contribution >= 4 is 40.1 Å². The summed E-state index contributed by atoms with van der Waals surface area (Å²) >= 11 is 1.84. The summed E-state index contributed by atoms with van der Waals surface area (Å²) in [7, 11) is 0. The maximum atomic E-state index is 13.4. The lowest BCUT2D eigenvalue weighted by Crippen LogP contribution is -2.27. The first-order chi connectivity index (χ1) is 20.1. The minimum atomic E-state index is -0.264. The third-order valence-electron chi connectivity index (χ3n) is 7.62. The number of nitrogens with one attached hydrogen (secondary N) is 1. The van der Waals surface area contributed by atoms with E-state index in [0.29, 0.717) is 22.9 Å². The van der Waals surface area contributed by atoms with Crippen LogP contribution in [0.25, 0.3) is 22.1 Å². The van der Waals surface area contributed by atoms with Gasteiger partial charge in [-0.3, -0.25) is 4.79 Å². The van der Waals surface area contributed by atoms with E-state index in [0.717, 1.165) is 37.3 Å². The zero-order valence-electron chi connectivity index (χ0n) is 22.6. The van der Waals surface area contributed by atoms with Gasteiger partial charge in [0.1, 0.15) is 11.4 Å². The number of hydrogen-bond donors (Lipinski definition) is 1. The van der Waals surface area contributed by atoms with Crippen molar-refractivity contribution in [3.05, 3.63) is 114 Å². The quantitative estimate of drug-likeness (QED) is 0.234. The number of aromatic nitrogens is 5. The van der Waals surface area contributed by atoms with Crippen molar-refractivity contribution in [1.82, 2.24) is 28.7 Å². The van der Waals surface area contributed by atoms with Crippen LogP contribution in [0, 0.1) is 6.92 Å². The number of fused-ring (bicyclic) bond motifs is 2. The van der Waals surface area contributed by atoms with E-state index >= 15 is 0 Å². The molecule has 9 heteroatoms. The molecule has 41 heavy (non-hydrogen) atoms. The molecule has 4 heterocycles. The number of carbonyl (C=O) groups is 1. The lowest BCUT2D eigenvalue weighted by molar-refractivity contribution is 0.102. The van der Waals surface area contributed by atoms with Crippen LogP contribution in [0.15, 0.2) is 102 Å². The molecule has 0 unspecified atom stereocenters. The molecule has 0 atom stereocenters. The molecule has 0 bridgehead atoms. The molecule has 1 saturated heterocycles. The van der Waals surface area contributed by atoms with Crippen molar-refractivity contribution in [2.45, 2.75) is 30.6 Å². The van der Waals surface area contributed by atoms with Gasteiger partial charge in [-0.05, 0) is 66.8 Å². The maximum absolute atomic E-state index is 13.4. The Morgan fingerprint density at radius 2 is 1.78 bits per heavy atom. The van der Waals surface area contributed by atoms with Crippen LogP contribution in [0.2, 0.25) is 0 Å². The zero-order valence-corrected chi connectivity index (χ0v) is 23.5. The summed E-state index contributed by atoms with van der Waals surface area (Å²) in [5, 5.41) is 14.9. The van der Waals surface area contributed by atoms with Crippen molar-refractivity contribution < 1.29 is 4.79 Å². The molecule has 204 valence electrons. The third kappa shape index (κ3) is 5.10. The SMILES string of the molecule is Cc1ccc(-n2nc(C3CCN(Sc4cccc5ccccc45)CC3)cc2NC(=O)c2cnn3cccnc23)cc1. The molecule has 1 fully saturated rings. The number of amides is 1. The van der Waals surface area contributed by atoms with Crippen LogP contribution in [-0.4, -0.2) is 47.7 Å². The number of rotatable bonds is 6. The topological polar surface area (TPSA) is 80.4 Å². The van der Waals surface area contributed by atoms with E-state index < -0.39 is 0 Å². The highest BCUT2D eigenvalue weighted by Crippen LogP contribution is 2.36. The minimum Gasteiger partial charge on any atom is -0.306 e. The van der Waals surface area contributed by atoms with E-state index in [2.05, 4.69) is 81.2 Å². The molecular formula is C32H29N7OS. The number of benzene rings is 3. The van der Waals surface area contributed by atoms with Crippen LogP contribution in [0.3, 0.4) is 0 Å². The van der Waals surface area contributed by atoms with Gasteiger partial charge in [0.15, 0.2) is 5.65 Å². The maximum Gasteiger partial charge on any atom is 0.262 e. The van der Waals surface area contributed by atoms with Gasteiger partial charge in [0.2, 0.25) is 0 Å². The average molecular weight is 560 g/mol. The van der Waals surface area contributed by atoms with E-state index in [1.807, 2.05) is 34.8 Å². The number of carbonyl (C=O) groups excluding carboxylic acids is 1. The average Bonchev–Trinajstić information content (AvgIpc) is 3.63. The standard InChI is InChI=1S/C32H29N7OS/c1-22-10-12-25(13-11-22)39-30(35-32(40)27-21-34-38-17-5-16-33-31(27)38)20-28(36-39)24-14-18-37(19-15-24)41-29-9-4-7-23-6-2-3-8-26(23)29/h2-13,16-17,20-21,24H,14-15,18-19H2,1H3,(H,35,40). The fourth-order valence-corrected chi connectivity index (χ4v) is 6.49. The van der Waals surface area contributed by atoms with Crippen molar-refractivity contribution in [2.75, 3.05) is 18.4 Å². The molecule has 8 nitrogen and oxygen atoms in total. The molecule has 1 amide bonds. The highest BCUT2D eigenvalue weighted by atomic mass is 32.2. The van der Waals surface area contributed by atoms with Crippen LogP contribution in [0.1, 0.15) is 40.4 Å². The third-order valence-corrected chi connectivity index (χ3v) is 8.80. The molecular weight excluding hydrogens is 530 g/mol. The molecule has 6 aromatic rings. The molecule has 1 aliphatic rings. The lowest BCUT2D eigenvalue weighted by Gasteiger charge is -2.30. The molecule has 0 saturated carbocycles. The smallest absolute Gasteiger partial charge is 0.262 e. The van der Waals surface area contributed by atoms with Gasteiger partial charge in [-0.1, -0.05) is 54.1 Å². The van der Waals surface area contributed by atoms with Gasteiger partial charge in [0, 0.05) is 42.4 Å². The summed E-state index contributed by atoms with van der Waals surface area (Å²) in [5.41, 5.74) is 4.00. The number of hydrogen-bond acceptors (Lipinski definition) is 6. The number of aryl methyl sites for hydroxylation is 1. The van der Waals surface area contributed by atoms with Crippen LogP contribution >= 0.6 is 11.9 Å². The molecule has 1 N–H and O–H groups in total. The lowest BCUT2D eigenvalue weighted by atomic mass is 9.95. The normalized spacial score (nSPS) is 14.6. The van der Waals surface area contributed by atoms with Crippen LogP contribution < -0.4 is 5.32 Å². The molecule has 0 spiro atoms. The summed E-state index contributed by atoms with van der Waals surface area (Å²) in [6, 6.07) is 27.0. The molecule has 3 aromatic carbocycles. The second-order valence-corrected chi connectivity index (χ2v) is 11.5. The van der Waals surface area contributed by atoms with E-state index in [1.54, 1.807) is 29.2 Å². The van der Waals surface area contributed by atoms with Gasteiger partial charge in [-0.2, -0.15) is 10.2 Å². The molecule has 3 aromatic heterocycles. The van der Waals surface area contributed by atoms with Crippen molar-refractivity contribution in [3.63, 3.8) is 0 Å². The Bertz CT molecular complexity index is 1850. The number of anilines is 1. The summed E-state index contributed by atoms with van der Waals surface area (Å²) in [6.45, 7) is 3.99. The second-order valence-electron chi connectivity index (χ2n) is 10.4. The van der Waals surface area contributed by atoms with Gasteiger partial charge < -0.3 is 5.32 Å². The first-order valence-corrected chi connectivity index (χ1v) is 14.6. The highest BCUT2D eigenvalue weighted by molar-refractivity contribution is 7.97. The Morgan fingerprint density at radius 3 is 2.63 bits per heavy atom. The van der Waals surface area contributed by atoms with E-state index in [4.69, 9.17) is 5.10 Å². The summed E-state index contributed by atoms with van der Waals surface area (Å²) in [4.78, 5) is 19.0. The fraction of sp³-hybridized carbons (Fsp3) is 0.188. The van der Waals surface area contributed by atoms with Crippen molar-refractivity contribution in [3.8, 4) is 5.69 Å².